The van der Waals surface area contributed by atoms with E-state index in [0.717, 1.165) is 22.5 Å². The number of rotatable bonds is 4. The molecule has 0 unspecified atom stereocenters. The minimum absolute atomic E-state index is 0. The molecule has 6 nitrogen and oxygen atoms in total. The van der Waals surface area contributed by atoms with Gasteiger partial charge in [0.05, 0.1) is 23.0 Å². The van der Waals surface area contributed by atoms with Crippen LogP contribution in [-0.2, 0) is 10.2 Å². The molecule has 7 heteroatoms. The number of benzene rings is 2. The summed E-state index contributed by atoms with van der Waals surface area (Å²) < 4.78 is 6.80. The Hall–Kier alpha value is -2.55. The van der Waals surface area contributed by atoms with E-state index in [2.05, 4.69) is 0 Å². The molecule has 0 bridgehead atoms. The molecule has 0 N–H and O–H groups in total. The SMILES string of the molecule is COC(=O)c1cccc(C=CC2=[N+](C)c3ccc([N+](=O)[O-])cc3C2(C)C)c1.[I-]. The molecule has 3 rings (SSSR count). The summed E-state index contributed by atoms with van der Waals surface area (Å²) in [5.41, 5.74) is 3.95. The predicted molar refractivity (Wildman–Crippen MR) is 104 cm³/mol. The van der Waals surface area contributed by atoms with Crippen molar-refractivity contribution >= 4 is 29.1 Å². The fourth-order valence-corrected chi connectivity index (χ4v) is 3.50. The Bertz CT molecular complexity index is 1010. The summed E-state index contributed by atoms with van der Waals surface area (Å²) in [6, 6.07) is 12.1. The van der Waals surface area contributed by atoms with Gasteiger partial charge in [-0.1, -0.05) is 12.1 Å². The van der Waals surface area contributed by atoms with Gasteiger partial charge < -0.3 is 28.7 Å². The number of hydrogen-bond acceptors (Lipinski definition) is 4. The number of fused-ring (bicyclic) bond motifs is 1. The van der Waals surface area contributed by atoms with Crippen molar-refractivity contribution in [3.8, 4) is 0 Å². The summed E-state index contributed by atoms with van der Waals surface area (Å²) in [6.45, 7) is 4.09. The van der Waals surface area contributed by atoms with Crippen molar-refractivity contribution in [2.45, 2.75) is 19.3 Å². The molecule has 0 saturated carbocycles. The molecule has 146 valence electrons. The van der Waals surface area contributed by atoms with Crippen LogP contribution in [0.2, 0.25) is 0 Å². The number of nitro groups is 1. The van der Waals surface area contributed by atoms with Crippen LogP contribution in [0.3, 0.4) is 0 Å². The number of allylic oxidation sites excluding steroid dienone is 1. The highest BCUT2D eigenvalue weighted by Gasteiger charge is 2.43. The number of non-ortho nitro benzene ring substituents is 1. The molecule has 0 spiro atoms. The molecule has 0 atom stereocenters. The van der Waals surface area contributed by atoms with E-state index < -0.39 is 0 Å². The first-order valence-corrected chi connectivity index (χ1v) is 8.52. The normalized spacial score (nSPS) is 14.6. The number of nitrogens with zero attached hydrogens (tertiary/aromatic N) is 2. The third-order valence-corrected chi connectivity index (χ3v) is 4.97. The van der Waals surface area contributed by atoms with E-state index >= 15 is 0 Å². The summed E-state index contributed by atoms with van der Waals surface area (Å²) in [7, 11) is 3.30. The Balaban J connectivity index is 0.00000280. The van der Waals surface area contributed by atoms with E-state index in [1.54, 1.807) is 30.3 Å². The highest BCUT2D eigenvalue weighted by Crippen LogP contribution is 2.41. The van der Waals surface area contributed by atoms with Crippen LogP contribution in [0.4, 0.5) is 11.4 Å². The van der Waals surface area contributed by atoms with Crippen LogP contribution >= 0.6 is 0 Å². The summed E-state index contributed by atoms with van der Waals surface area (Å²) in [6.07, 6.45) is 3.92. The quantitative estimate of drug-likeness (QED) is 0.211. The van der Waals surface area contributed by atoms with Gasteiger partial charge in [-0.25, -0.2) is 4.79 Å². The number of esters is 1. The molecular weight excluding hydrogens is 471 g/mol. The number of carbonyl (C=O) groups excluding carboxylic acids is 1. The maximum absolute atomic E-state index is 11.7. The zero-order valence-electron chi connectivity index (χ0n) is 16.1. The molecule has 0 radical (unpaired) electrons. The second-order valence-electron chi connectivity index (χ2n) is 6.98. The first-order valence-electron chi connectivity index (χ1n) is 8.52. The largest absolute Gasteiger partial charge is 1.00 e. The zero-order chi connectivity index (χ0) is 19.8. The number of methoxy groups -OCH3 is 1. The third-order valence-electron chi connectivity index (χ3n) is 4.97. The lowest BCUT2D eigenvalue weighted by Crippen LogP contribution is -3.00. The molecule has 2 aromatic carbocycles. The first kappa shape index (κ1) is 21.7. The molecule has 0 saturated heterocycles. The summed E-state index contributed by atoms with van der Waals surface area (Å²) in [5, 5.41) is 11.1. The van der Waals surface area contributed by atoms with Gasteiger partial charge in [-0.05, 0) is 37.6 Å². The smallest absolute Gasteiger partial charge is 0.337 e. The fourth-order valence-electron chi connectivity index (χ4n) is 3.50. The van der Waals surface area contributed by atoms with Crippen molar-refractivity contribution in [2.24, 2.45) is 0 Å². The van der Waals surface area contributed by atoms with Gasteiger partial charge >= 0.3 is 5.97 Å². The number of carbonyl (C=O) groups is 1. The Morgan fingerprint density at radius 1 is 1.18 bits per heavy atom. The molecular formula is C21H21IN2O4. The molecule has 1 aliphatic rings. The average molecular weight is 492 g/mol. The zero-order valence-corrected chi connectivity index (χ0v) is 18.3. The Kier molecular flexibility index (Phi) is 6.38. The van der Waals surface area contributed by atoms with Crippen LogP contribution < -0.4 is 24.0 Å². The number of nitro benzene ring substituents is 1. The molecule has 2 aromatic rings. The van der Waals surface area contributed by atoms with Gasteiger partial charge in [-0.15, -0.1) is 0 Å². The van der Waals surface area contributed by atoms with Gasteiger partial charge in [0.1, 0.15) is 7.05 Å². The monoisotopic (exact) mass is 492 g/mol. The summed E-state index contributed by atoms with van der Waals surface area (Å²) in [5.74, 6) is -0.379. The lowest BCUT2D eigenvalue weighted by atomic mass is 9.81. The van der Waals surface area contributed by atoms with E-state index in [4.69, 9.17) is 4.74 Å². The van der Waals surface area contributed by atoms with E-state index in [0.29, 0.717) is 5.56 Å². The standard InChI is InChI=1S/C21H21N2O4.HI/c1-21(2)17-13-16(23(25)26)9-10-18(17)22(3)19(21)11-8-14-6-5-7-15(12-14)20(24)27-4;/h5-13H,1-4H3;1H/q+1;/p-1. The maximum atomic E-state index is 11.7. The van der Waals surface area contributed by atoms with Crippen molar-refractivity contribution in [1.29, 1.82) is 0 Å². The Morgan fingerprint density at radius 3 is 2.54 bits per heavy atom. The number of halogens is 1. The van der Waals surface area contributed by atoms with Crippen LogP contribution in [0.25, 0.3) is 6.08 Å². The van der Waals surface area contributed by atoms with Crippen LogP contribution in [0.5, 0.6) is 0 Å². The van der Waals surface area contributed by atoms with Crippen molar-refractivity contribution in [3.63, 3.8) is 0 Å². The highest BCUT2D eigenvalue weighted by atomic mass is 127. The maximum Gasteiger partial charge on any atom is 0.337 e. The van der Waals surface area contributed by atoms with Crippen molar-refractivity contribution < 1.29 is 43.0 Å². The van der Waals surface area contributed by atoms with Crippen LogP contribution in [-0.4, -0.2) is 35.3 Å². The van der Waals surface area contributed by atoms with E-state index in [-0.39, 0.29) is 46.0 Å². The lowest BCUT2D eigenvalue weighted by molar-refractivity contribution is -0.402. The van der Waals surface area contributed by atoms with Crippen LogP contribution in [0, 0.1) is 10.1 Å². The minimum atomic E-state index is -0.382. The van der Waals surface area contributed by atoms with Gasteiger partial charge in [0.25, 0.3) is 5.69 Å². The van der Waals surface area contributed by atoms with E-state index in [9.17, 15) is 14.9 Å². The Labute approximate surface area is 180 Å². The van der Waals surface area contributed by atoms with E-state index in [1.165, 1.54) is 13.2 Å². The second-order valence-corrected chi connectivity index (χ2v) is 6.98. The minimum Gasteiger partial charge on any atom is -1.00 e. The topological polar surface area (TPSA) is 72.5 Å². The molecule has 0 aliphatic carbocycles. The third kappa shape index (κ3) is 3.84. The summed E-state index contributed by atoms with van der Waals surface area (Å²) in [4.78, 5) is 22.5. The average Bonchev–Trinajstić information content (AvgIpc) is 2.85. The van der Waals surface area contributed by atoms with Crippen LogP contribution in [0.1, 0.15) is 35.3 Å². The first-order chi connectivity index (χ1) is 12.8. The number of ether oxygens (including phenoxy) is 1. The van der Waals surface area contributed by atoms with Crippen molar-refractivity contribution in [1.82, 2.24) is 0 Å². The predicted octanol–water partition coefficient (Wildman–Crippen LogP) is 1.10. The van der Waals surface area contributed by atoms with Crippen LogP contribution in [0.15, 0.2) is 48.5 Å². The number of hydrogen-bond donors (Lipinski definition) is 0. The molecule has 0 aromatic heterocycles. The van der Waals surface area contributed by atoms with E-state index in [1.807, 2.05) is 43.7 Å². The molecule has 1 aliphatic heterocycles. The molecule has 1 heterocycles. The van der Waals surface area contributed by atoms with Gasteiger partial charge in [0.2, 0.25) is 5.69 Å². The molecule has 28 heavy (non-hydrogen) atoms. The Morgan fingerprint density at radius 2 is 1.89 bits per heavy atom. The molecule has 0 amide bonds. The summed E-state index contributed by atoms with van der Waals surface area (Å²) >= 11 is 0. The van der Waals surface area contributed by atoms with Gasteiger partial charge in [-0.2, -0.15) is 4.58 Å². The van der Waals surface area contributed by atoms with Crippen molar-refractivity contribution in [2.75, 3.05) is 14.2 Å². The molecule has 0 fully saturated rings. The van der Waals surface area contributed by atoms with Gasteiger partial charge in [0.15, 0.2) is 5.71 Å². The fraction of sp³-hybridized carbons (Fsp3) is 0.238. The highest BCUT2D eigenvalue weighted by molar-refractivity contribution is 6.05. The second kappa shape index (κ2) is 8.22. The van der Waals surface area contributed by atoms with Gasteiger partial charge in [-0.3, -0.25) is 10.1 Å². The van der Waals surface area contributed by atoms with Gasteiger partial charge in [0, 0.05) is 29.8 Å². The van der Waals surface area contributed by atoms with Crippen molar-refractivity contribution in [3.05, 3.63) is 75.3 Å². The lowest BCUT2D eigenvalue weighted by Gasteiger charge is -2.15.